The van der Waals surface area contributed by atoms with E-state index < -0.39 is 0 Å². The molecule has 1 heterocycles. The van der Waals surface area contributed by atoms with Crippen molar-refractivity contribution in [3.63, 3.8) is 0 Å². The molecule has 160 valence electrons. The highest BCUT2D eigenvalue weighted by Gasteiger charge is 2.32. The molecule has 0 unspecified atom stereocenters. The monoisotopic (exact) mass is 435 g/mol. The second-order valence-corrected chi connectivity index (χ2v) is 8.68. The number of nitrogens with zero attached hydrogens (tertiary/aromatic N) is 1. The van der Waals surface area contributed by atoms with Gasteiger partial charge in [-0.3, -0.25) is 14.9 Å². The Balaban J connectivity index is 1.36. The van der Waals surface area contributed by atoms with Crippen LogP contribution in [0.2, 0.25) is 0 Å². The maximum absolute atomic E-state index is 12.8. The molecule has 1 aromatic heterocycles. The summed E-state index contributed by atoms with van der Waals surface area (Å²) in [5, 5.41) is 6.44. The summed E-state index contributed by atoms with van der Waals surface area (Å²) in [6.45, 7) is 2.51. The van der Waals surface area contributed by atoms with E-state index in [-0.39, 0.29) is 17.7 Å². The van der Waals surface area contributed by atoms with Crippen molar-refractivity contribution in [3.05, 3.63) is 75.8 Å². The Hall–Kier alpha value is -3.19. The number of thiazole rings is 1. The van der Waals surface area contributed by atoms with E-state index in [0.717, 1.165) is 40.3 Å². The molecule has 0 radical (unpaired) electrons. The lowest BCUT2D eigenvalue weighted by molar-refractivity contribution is -0.122. The number of benzene rings is 2. The lowest BCUT2D eigenvalue weighted by Crippen LogP contribution is -2.30. The number of fused-ring (bicyclic) bond motifs is 1. The van der Waals surface area contributed by atoms with Gasteiger partial charge in [-0.25, -0.2) is 4.98 Å². The van der Waals surface area contributed by atoms with E-state index in [9.17, 15) is 9.59 Å². The fourth-order valence-electron chi connectivity index (χ4n) is 3.76. The van der Waals surface area contributed by atoms with Crippen molar-refractivity contribution in [2.45, 2.75) is 32.1 Å². The molecule has 0 aliphatic heterocycles. The average molecular weight is 436 g/mol. The zero-order valence-electron chi connectivity index (χ0n) is 17.6. The van der Waals surface area contributed by atoms with Crippen LogP contribution in [0.5, 0.6) is 5.75 Å². The predicted octanol–water partition coefficient (Wildman–Crippen LogP) is 4.10. The number of anilines is 1. The van der Waals surface area contributed by atoms with E-state index in [4.69, 9.17) is 4.74 Å². The smallest absolute Gasteiger partial charge is 0.257 e. The normalized spacial score (nSPS) is 14.7. The van der Waals surface area contributed by atoms with Crippen LogP contribution in [-0.4, -0.2) is 30.5 Å². The Bertz CT molecular complexity index is 1090. The standard InChI is InChI=1S/C24H25N3O3S/c1-15-7-9-17(10-8-15)22(28)27-24-26-21-18(11-12-20(21)31-24)23(29)25-14-13-16-5-3-4-6-19(16)30-2/h3-10,18H,11-14H2,1-2H3,(H,25,29)(H,26,27,28)/t18-/m1/s1. The summed E-state index contributed by atoms with van der Waals surface area (Å²) < 4.78 is 5.37. The molecule has 31 heavy (non-hydrogen) atoms. The predicted molar refractivity (Wildman–Crippen MR) is 122 cm³/mol. The molecule has 7 heteroatoms. The summed E-state index contributed by atoms with van der Waals surface area (Å²) in [5.41, 5.74) is 3.54. The summed E-state index contributed by atoms with van der Waals surface area (Å²) in [6.07, 6.45) is 2.25. The number of para-hydroxylation sites is 1. The van der Waals surface area contributed by atoms with Crippen molar-refractivity contribution < 1.29 is 14.3 Å². The van der Waals surface area contributed by atoms with Crippen LogP contribution in [0.15, 0.2) is 48.5 Å². The van der Waals surface area contributed by atoms with Gasteiger partial charge in [0, 0.05) is 17.0 Å². The maximum atomic E-state index is 12.8. The zero-order valence-corrected chi connectivity index (χ0v) is 18.4. The van der Waals surface area contributed by atoms with Gasteiger partial charge in [0.05, 0.1) is 18.7 Å². The molecule has 1 aliphatic rings. The fourth-order valence-corrected chi connectivity index (χ4v) is 4.80. The van der Waals surface area contributed by atoms with Gasteiger partial charge in [0.2, 0.25) is 5.91 Å². The first kappa shape index (κ1) is 21.1. The van der Waals surface area contributed by atoms with Gasteiger partial charge in [-0.05, 0) is 49.9 Å². The largest absolute Gasteiger partial charge is 0.496 e. The van der Waals surface area contributed by atoms with E-state index >= 15 is 0 Å². The van der Waals surface area contributed by atoms with Crippen molar-refractivity contribution in [2.75, 3.05) is 19.0 Å². The van der Waals surface area contributed by atoms with E-state index in [1.165, 1.54) is 11.3 Å². The minimum Gasteiger partial charge on any atom is -0.496 e. The van der Waals surface area contributed by atoms with Crippen LogP contribution in [0.25, 0.3) is 0 Å². The van der Waals surface area contributed by atoms with Crippen LogP contribution in [-0.2, 0) is 17.6 Å². The first-order valence-corrected chi connectivity index (χ1v) is 11.1. The third-order valence-electron chi connectivity index (χ3n) is 5.45. The summed E-state index contributed by atoms with van der Waals surface area (Å²) >= 11 is 1.46. The minimum absolute atomic E-state index is 0.0182. The number of ether oxygens (including phenoxy) is 1. The molecule has 0 saturated carbocycles. The highest BCUT2D eigenvalue weighted by Crippen LogP contribution is 2.38. The van der Waals surface area contributed by atoms with Crippen LogP contribution < -0.4 is 15.4 Å². The summed E-state index contributed by atoms with van der Waals surface area (Å²) in [7, 11) is 1.65. The molecule has 3 aromatic rings. The zero-order chi connectivity index (χ0) is 21.8. The third kappa shape index (κ3) is 4.77. The fraction of sp³-hybridized carbons (Fsp3) is 0.292. The van der Waals surface area contributed by atoms with E-state index in [2.05, 4.69) is 15.6 Å². The molecule has 0 bridgehead atoms. The average Bonchev–Trinajstić information content (AvgIpc) is 3.34. The number of aromatic nitrogens is 1. The first-order valence-electron chi connectivity index (χ1n) is 10.3. The molecule has 0 fully saturated rings. The van der Waals surface area contributed by atoms with E-state index in [1.54, 1.807) is 19.2 Å². The molecule has 4 rings (SSSR count). The Kier molecular flexibility index (Phi) is 6.32. The SMILES string of the molecule is COc1ccccc1CCNC(=O)[C@@H]1CCc2sc(NC(=O)c3ccc(C)cc3)nc21. The number of amides is 2. The molecule has 0 saturated heterocycles. The molecule has 1 atom stereocenters. The van der Waals surface area contributed by atoms with Gasteiger partial charge in [0.1, 0.15) is 5.75 Å². The van der Waals surface area contributed by atoms with Gasteiger partial charge in [-0.2, -0.15) is 0 Å². The number of aryl methyl sites for hydroxylation is 2. The van der Waals surface area contributed by atoms with Gasteiger partial charge >= 0.3 is 0 Å². The molecule has 2 aromatic carbocycles. The van der Waals surface area contributed by atoms with Gasteiger partial charge in [0.25, 0.3) is 5.91 Å². The lowest BCUT2D eigenvalue weighted by atomic mass is 10.1. The van der Waals surface area contributed by atoms with Gasteiger partial charge in [-0.15, -0.1) is 11.3 Å². The highest BCUT2D eigenvalue weighted by molar-refractivity contribution is 7.16. The van der Waals surface area contributed by atoms with Crippen LogP contribution in [0.4, 0.5) is 5.13 Å². The van der Waals surface area contributed by atoms with Gasteiger partial charge in [-0.1, -0.05) is 35.9 Å². The molecule has 2 amide bonds. The van der Waals surface area contributed by atoms with E-state index in [0.29, 0.717) is 23.7 Å². The number of hydrogen-bond donors (Lipinski definition) is 2. The number of nitrogens with one attached hydrogen (secondary N) is 2. The number of rotatable bonds is 7. The number of carbonyl (C=O) groups excluding carboxylic acids is 2. The first-order chi connectivity index (χ1) is 15.0. The molecule has 6 nitrogen and oxygen atoms in total. The molecule has 1 aliphatic carbocycles. The van der Waals surface area contributed by atoms with Crippen LogP contribution in [0.1, 0.15) is 44.4 Å². The second-order valence-electron chi connectivity index (χ2n) is 7.59. The van der Waals surface area contributed by atoms with Crippen molar-refractivity contribution in [3.8, 4) is 5.75 Å². The second kappa shape index (κ2) is 9.31. The maximum Gasteiger partial charge on any atom is 0.257 e. The summed E-state index contributed by atoms with van der Waals surface area (Å²) in [6, 6.07) is 15.2. The topological polar surface area (TPSA) is 80.3 Å². The highest BCUT2D eigenvalue weighted by atomic mass is 32.1. The van der Waals surface area contributed by atoms with Crippen LogP contribution >= 0.6 is 11.3 Å². The number of carbonyl (C=O) groups is 2. The Morgan fingerprint density at radius 3 is 2.71 bits per heavy atom. The van der Waals surface area contributed by atoms with E-state index in [1.807, 2.05) is 43.3 Å². The minimum atomic E-state index is -0.269. The Morgan fingerprint density at radius 1 is 1.16 bits per heavy atom. The Morgan fingerprint density at radius 2 is 1.94 bits per heavy atom. The summed E-state index contributed by atoms with van der Waals surface area (Å²) in [4.78, 5) is 30.9. The molecular weight excluding hydrogens is 410 g/mol. The van der Waals surface area contributed by atoms with Gasteiger partial charge in [0.15, 0.2) is 5.13 Å². The number of methoxy groups -OCH3 is 1. The number of hydrogen-bond acceptors (Lipinski definition) is 5. The van der Waals surface area contributed by atoms with Crippen molar-refractivity contribution in [1.29, 1.82) is 0 Å². The third-order valence-corrected chi connectivity index (χ3v) is 6.50. The molecular formula is C24H25N3O3S. The molecule has 2 N–H and O–H groups in total. The van der Waals surface area contributed by atoms with Crippen LogP contribution in [0, 0.1) is 6.92 Å². The lowest BCUT2D eigenvalue weighted by Gasteiger charge is -2.12. The van der Waals surface area contributed by atoms with Crippen LogP contribution in [0.3, 0.4) is 0 Å². The quantitative estimate of drug-likeness (QED) is 0.586. The van der Waals surface area contributed by atoms with Crippen molar-refractivity contribution >= 4 is 28.3 Å². The van der Waals surface area contributed by atoms with Crippen molar-refractivity contribution in [1.82, 2.24) is 10.3 Å². The summed E-state index contributed by atoms with van der Waals surface area (Å²) in [5.74, 6) is 0.350. The van der Waals surface area contributed by atoms with Crippen molar-refractivity contribution in [2.24, 2.45) is 0 Å². The Labute approximate surface area is 185 Å². The van der Waals surface area contributed by atoms with Gasteiger partial charge < -0.3 is 10.1 Å². The molecule has 0 spiro atoms.